The molecule has 1 aromatic heterocycles. The molecule has 2 N–H and O–H groups in total. The normalized spacial score (nSPS) is 11.9. The molecular weight excluding hydrogens is 378 g/mol. The number of hydrogen-bond donors (Lipinski definition) is 2. The van der Waals surface area contributed by atoms with Crippen molar-refractivity contribution in [1.29, 1.82) is 0 Å². The van der Waals surface area contributed by atoms with Crippen LogP contribution in [0.4, 0.5) is 0 Å². The van der Waals surface area contributed by atoms with Crippen LogP contribution in [0.1, 0.15) is 32.5 Å². The summed E-state index contributed by atoms with van der Waals surface area (Å²) < 4.78 is 9.61. The number of carbonyl (C=O) groups is 3. The smallest absolute Gasteiger partial charge is 0.328 e. The van der Waals surface area contributed by atoms with Gasteiger partial charge < -0.3 is 19.8 Å². The third kappa shape index (κ3) is 6.70. The van der Waals surface area contributed by atoms with E-state index in [9.17, 15) is 19.2 Å². The van der Waals surface area contributed by atoms with Crippen LogP contribution in [0.25, 0.3) is 10.9 Å². The number of nitrogens with one attached hydrogen (secondary N) is 2. The van der Waals surface area contributed by atoms with Crippen LogP contribution in [0.5, 0.6) is 0 Å². The largest absolute Gasteiger partial charge is 0.467 e. The quantitative estimate of drug-likeness (QED) is 0.600. The Labute approximate surface area is 167 Å². The number of para-hydroxylation sites is 1. The summed E-state index contributed by atoms with van der Waals surface area (Å²) in [6.45, 7) is 3.31. The van der Waals surface area contributed by atoms with Crippen LogP contribution in [-0.4, -0.2) is 47.6 Å². The highest BCUT2D eigenvalue weighted by Gasteiger charge is 2.23. The Kier molecular flexibility index (Phi) is 7.88. The van der Waals surface area contributed by atoms with Crippen molar-refractivity contribution < 1.29 is 23.9 Å². The van der Waals surface area contributed by atoms with Crippen molar-refractivity contribution in [3.05, 3.63) is 40.4 Å². The number of rotatable bonds is 9. The zero-order valence-corrected chi connectivity index (χ0v) is 16.7. The van der Waals surface area contributed by atoms with E-state index in [4.69, 9.17) is 4.74 Å². The monoisotopic (exact) mass is 403 g/mol. The summed E-state index contributed by atoms with van der Waals surface area (Å²) in [5.41, 5.74) is 0.260. The van der Waals surface area contributed by atoms with Gasteiger partial charge in [0.05, 0.1) is 24.4 Å². The molecule has 0 aliphatic carbocycles. The van der Waals surface area contributed by atoms with Gasteiger partial charge in [-0.25, -0.2) is 9.78 Å². The first-order chi connectivity index (χ1) is 13.8. The van der Waals surface area contributed by atoms with Gasteiger partial charge in [0.2, 0.25) is 0 Å². The highest BCUT2D eigenvalue weighted by Crippen LogP contribution is 2.08. The molecule has 1 atom stereocenters. The maximum Gasteiger partial charge on any atom is 0.328 e. The SMILES string of the molecule is COC(=O)[C@@H](CC(C)C)NC(=O)COC(=O)CCc1nc2ccccc2c(=O)[nH]1. The Hall–Kier alpha value is -3.23. The van der Waals surface area contributed by atoms with Gasteiger partial charge in [0.1, 0.15) is 11.9 Å². The molecule has 29 heavy (non-hydrogen) atoms. The lowest BCUT2D eigenvalue weighted by Gasteiger charge is -2.18. The second-order valence-electron chi connectivity index (χ2n) is 6.96. The first-order valence-electron chi connectivity index (χ1n) is 9.31. The van der Waals surface area contributed by atoms with Crippen molar-refractivity contribution in [2.24, 2.45) is 5.92 Å². The molecule has 9 nitrogen and oxygen atoms in total. The van der Waals surface area contributed by atoms with Crippen molar-refractivity contribution in [2.75, 3.05) is 13.7 Å². The van der Waals surface area contributed by atoms with Crippen LogP contribution < -0.4 is 10.9 Å². The highest BCUT2D eigenvalue weighted by molar-refractivity contribution is 5.86. The maximum absolute atomic E-state index is 12.0. The third-order valence-corrected chi connectivity index (χ3v) is 4.12. The summed E-state index contributed by atoms with van der Waals surface area (Å²) in [5, 5.41) is 2.97. The molecule has 0 spiro atoms. The van der Waals surface area contributed by atoms with E-state index in [2.05, 4.69) is 20.0 Å². The molecule has 1 heterocycles. The summed E-state index contributed by atoms with van der Waals surface area (Å²) >= 11 is 0. The summed E-state index contributed by atoms with van der Waals surface area (Å²) in [6.07, 6.45) is 0.521. The number of carbonyl (C=O) groups excluding carboxylic acids is 3. The van der Waals surface area contributed by atoms with Crippen molar-refractivity contribution in [2.45, 2.75) is 39.2 Å². The number of aromatic amines is 1. The molecule has 0 radical (unpaired) electrons. The van der Waals surface area contributed by atoms with Crippen LogP contribution in [0.15, 0.2) is 29.1 Å². The minimum absolute atomic E-state index is 0.0546. The van der Waals surface area contributed by atoms with Gasteiger partial charge in [-0.05, 0) is 24.5 Å². The minimum atomic E-state index is -0.793. The van der Waals surface area contributed by atoms with E-state index in [1.807, 2.05) is 13.8 Å². The van der Waals surface area contributed by atoms with E-state index in [1.54, 1.807) is 24.3 Å². The van der Waals surface area contributed by atoms with Crippen molar-refractivity contribution >= 4 is 28.7 Å². The lowest BCUT2D eigenvalue weighted by molar-refractivity contribution is -0.150. The molecule has 0 saturated carbocycles. The third-order valence-electron chi connectivity index (χ3n) is 4.12. The van der Waals surface area contributed by atoms with Gasteiger partial charge >= 0.3 is 11.9 Å². The van der Waals surface area contributed by atoms with Gasteiger partial charge in [-0.1, -0.05) is 26.0 Å². The molecule has 1 aromatic carbocycles. The zero-order valence-electron chi connectivity index (χ0n) is 16.7. The minimum Gasteiger partial charge on any atom is -0.467 e. The second-order valence-corrected chi connectivity index (χ2v) is 6.96. The topological polar surface area (TPSA) is 127 Å². The maximum atomic E-state index is 12.0. The Morgan fingerprint density at radius 2 is 1.93 bits per heavy atom. The molecule has 2 rings (SSSR count). The van der Waals surface area contributed by atoms with Gasteiger partial charge in [0.15, 0.2) is 6.61 Å². The molecule has 0 fully saturated rings. The molecule has 0 aliphatic heterocycles. The molecule has 0 unspecified atom stereocenters. The van der Waals surface area contributed by atoms with Crippen LogP contribution >= 0.6 is 0 Å². The number of hydrogen-bond acceptors (Lipinski definition) is 7. The number of fused-ring (bicyclic) bond motifs is 1. The van der Waals surface area contributed by atoms with E-state index >= 15 is 0 Å². The molecule has 0 aliphatic rings. The number of benzene rings is 1. The number of aryl methyl sites for hydroxylation is 1. The first-order valence-corrected chi connectivity index (χ1v) is 9.31. The van der Waals surface area contributed by atoms with Crippen LogP contribution in [0.2, 0.25) is 0 Å². The fourth-order valence-electron chi connectivity index (χ4n) is 2.76. The molecule has 0 saturated heterocycles. The standard InChI is InChI=1S/C20H25N3O6/c1-12(2)10-15(20(27)28-3)22-17(24)11-29-18(25)9-8-16-21-14-7-5-4-6-13(14)19(26)23-16/h4-7,12,15H,8-11H2,1-3H3,(H,22,24)(H,21,23,26)/t15-/m1/s1. The van der Waals surface area contributed by atoms with Gasteiger partial charge in [-0.15, -0.1) is 0 Å². The Morgan fingerprint density at radius 3 is 2.62 bits per heavy atom. The van der Waals surface area contributed by atoms with Gasteiger partial charge in [-0.3, -0.25) is 14.4 Å². The molecule has 156 valence electrons. The van der Waals surface area contributed by atoms with Gasteiger partial charge in [-0.2, -0.15) is 0 Å². The van der Waals surface area contributed by atoms with Gasteiger partial charge in [0, 0.05) is 6.42 Å². The molecular formula is C20H25N3O6. The van der Waals surface area contributed by atoms with E-state index in [0.717, 1.165) is 0 Å². The lowest BCUT2D eigenvalue weighted by Crippen LogP contribution is -2.44. The zero-order chi connectivity index (χ0) is 21.4. The average Bonchev–Trinajstić information content (AvgIpc) is 2.69. The van der Waals surface area contributed by atoms with Gasteiger partial charge in [0.25, 0.3) is 11.5 Å². The molecule has 9 heteroatoms. The lowest BCUT2D eigenvalue weighted by atomic mass is 10.0. The fourth-order valence-corrected chi connectivity index (χ4v) is 2.76. The molecule has 2 aromatic rings. The van der Waals surface area contributed by atoms with Crippen LogP contribution in [0.3, 0.4) is 0 Å². The Bertz CT molecular complexity index is 937. The summed E-state index contributed by atoms with van der Waals surface area (Å²) in [7, 11) is 1.24. The van der Waals surface area contributed by atoms with E-state index in [1.165, 1.54) is 7.11 Å². The number of ether oxygens (including phenoxy) is 2. The number of H-pyrrole nitrogens is 1. The molecule has 0 bridgehead atoms. The van der Waals surface area contributed by atoms with E-state index in [-0.39, 0.29) is 24.3 Å². The first kappa shape index (κ1) is 22.1. The summed E-state index contributed by atoms with van der Waals surface area (Å²) in [5.74, 6) is -1.23. The van der Waals surface area contributed by atoms with E-state index in [0.29, 0.717) is 23.1 Å². The predicted molar refractivity (Wildman–Crippen MR) is 105 cm³/mol. The highest BCUT2D eigenvalue weighted by atomic mass is 16.5. The van der Waals surface area contributed by atoms with Crippen molar-refractivity contribution in [3.63, 3.8) is 0 Å². The molecule has 1 amide bonds. The van der Waals surface area contributed by atoms with Crippen LogP contribution in [0, 0.1) is 5.92 Å². The summed E-state index contributed by atoms with van der Waals surface area (Å²) in [6, 6.07) is 6.10. The average molecular weight is 403 g/mol. The number of methoxy groups -OCH3 is 1. The predicted octanol–water partition coefficient (Wildman–Crippen LogP) is 1.10. The number of esters is 2. The number of amides is 1. The van der Waals surface area contributed by atoms with Crippen molar-refractivity contribution in [1.82, 2.24) is 15.3 Å². The summed E-state index contributed by atoms with van der Waals surface area (Å²) in [4.78, 5) is 54.5. The Morgan fingerprint density at radius 1 is 1.21 bits per heavy atom. The second kappa shape index (κ2) is 10.4. The van der Waals surface area contributed by atoms with Crippen LogP contribution in [-0.2, 0) is 30.3 Å². The Balaban J connectivity index is 1.84. The van der Waals surface area contributed by atoms with Crippen molar-refractivity contribution in [3.8, 4) is 0 Å². The number of aromatic nitrogens is 2. The fraction of sp³-hybridized carbons (Fsp3) is 0.450. The van der Waals surface area contributed by atoms with E-state index < -0.39 is 30.5 Å². The number of nitrogens with zero attached hydrogens (tertiary/aromatic N) is 1.